The zero-order chi connectivity index (χ0) is 27.6. The van der Waals surface area contributed by atoms with Crippen LogP contribution in [0, 0.1) is 11.7 Å². The minimum absolute atomic E-state index is 0.241. The van der Waals surface area contributed by atoms with Crippen LogP contribution in [0.2, 0.25) is 0 Å². The molecule has 0 aliphatic carbocycles. The lowest BCUT2D eigenvalue weighted by molar-refractivity contribution is -0.156. The number of carbonyl (C=O) groups excluding carboxylic acids is 1. The summed E-state index contributed by atoms with van der Waals surface area (Å²) in [6, 6.07) is 14.6. The highest BCUT2D eigenvalue weighted by Crippen LogP contribution is 2.28. The SMILES string of the molecule is C=C/C=C(\C=C/C)c1nc(CN2CCC(CC)[C@@H](OC(=O)[C@H](Nc3ccc(F)cc3)c3ccccc3)C2)no1. The molecule has 3 aromatic rings. The number of likely N-dealkylation sites (tertiary alicyclic amines) is 1. The molecule has 4 rings (SSSR count). The van der Waals surface area contributed by atoms with Gasteiger partial charge < -0.3 is 14.6 Å². The van der Waals surface area contributed by atoms with Crippen molar-refractivity contribution in [1.82, 2.24) is 15.0 Å². The van der Waals surface area contributed by atoms with Crippen LogP contribution in [-0.4, -0.2) is 40.2 Å². The van der Waals surface area contributed by atoms with Crippen LogP contribution in [0.25, 0.3) is 5.57 Å². The number of halogens is 1. The van der Waals surface area contributed by atoms with Crippen molar-refractivity contribution in [3.05, 3.63) is 109 Å². The van der Waals surface area contributed by atoms with Gasteiger partial charge in [0.05, 0.1) is 6.54 Å². The van der Waals surface area contributed by atoms with Gasteiger partial charge in [0.15, 0.2) is 11.9 Å². The lowest BCUT2D eigenvalue weighted by Crippen LogP contribution is -2.46. The molecule has 2 aromatic carbocycles. The molecule has 8 heteroatoms. The lowest BCUT2D eigenvalue weighted by Gasteiger charge is -2.37. The number of rotatable bonds is 11. The first kappa shape index (κ1) is 28.0. The lowest BCUT2D eigenvalue weighted by atomic mass is 9.91. The van der Waals surface area contributed by atoms with E-state index >= 15 is 0 Å². The Hall–Kier alpha value is -4.04. The van der Waals surface area contributed by atoms with Crippen molar-refractivity contribution in [2.24, 2.45) is 5.92 Å². The molecular formula is C31H35FN4O3. The van der Waals surface area contributed by atoms with Gasteiger partial charge in [-0.1, -0.05) is 73.3 Å². The Morgan fingerprint density at radius 3 is 2.72 bits per heavy atom. The quantitative estimate of drug-likeness (QED) is 0.228. The fourth-order valence-corrected chi connectivity index (χ4v) is 4.77. The van der Waals surface area contributed by atoms with Crippen LogP contribution >= 0.6 is 0 Å². The van der Waals surface area contributed by atoms with Crippen LogP contribution < -0.4 is 5.32 Å². The van der Waals surface area contributed by atoms with E-state index in [0.717, 1.165) is 30.5 Å². The van der Waals surface area contributed by atoms with E-state index in [9.17, 15) is 9.18 Å². The molecule has 0 radical (unpaired) electrons. The molecule has 1 unspecified atom stereocenters. The van der Waals surface area contributed by atoms with Crippen LogP contribution in [0.5, 0.6) is 0 Å². The Bertz CT molecular complexity index is 1290. The third-order valence-electron chi connectivity index (χ3n) is 6.82. The average molecular weight is 531 g/mol. The van der Waals surface area contributed by atoms with Gasteiger partial charge in [-0.2, -0.15) is 4.98 Å². The standard InChI is InChI=1S/C31H35FN4O3/c1-4-10-24(11-5-2)30-34-28(35-39-30)21-36-19-18-22(6-3)27(20-36)38-31(37)29(23-12-8-7-9-13-23)33-26-16-14-25(32)15-17-26/h4-5,7-17,22,27,29,33H,1,6,18-21H2,2-3H3/b11-5-,24-10+/t22?,27-,29+/m0/s1. The number of ether oxygens (including phenoxy) is 1. The average Bonchev–Trinajstić information content (AvgIpc) is 3.41. The Morgan fingerprint density at radius 2 is 2.03 bits per heavy atom. The van der Waals surface area contributed by atoms with E-state index in [1.54, 1.807) is 18.2 Å². The molecule has 0 bridgehead atoms. The zero-order valence-corrected chi connectivity index (χ0v) is 22.4. The number of anilines is 1. The zero-order valence-electron chi connectivity index (χ0n) is 22.4. The molecule has 0 spiro atoms. The monoisotopic (exact) mass is 530 g/mol. The first-order valence-electron chi connectivity index (χ1n) is 13.3. The number of carbonyl (C=O) groups is 1. The number of nitrogens with one attached hydrogen (secondary N) is 1. The highest BCUT2D eigenvalue weighted by molar-refractivity contribution is 5.81. The van der Waals surface area contributed by atoms with E-state index in [1.165, 1.54) is 12.1 Å². The maximum atomic E-state index is 13.6. The first-order chi connectivity index (χ1) is 19.0. The largest absolute Gasteiger partial charge is 0.459 e. The molecule has 2 heterocycles. The summed E-state index contributed by atoms with van der Waals surface area (Å²) in [7, 11) is 0. The molecule has 1 saturated heterocycles. The maximum absolute atomic E-state index is 13.6. The summed E-state index contributed by atoms with van der Waals surface area (Å²) in [5.41, 5.74) is 2.20. The molecule has 0 amide bonds. The number of hydrogen-bond acceptors (Lipinski definition) is 7. The highest BCUT2D eigenvalue weighted by Gasteiger charge is 2.34. The van der Waals surface area contributed by atoms with Gasteiger partial charge in [0.25, 0.3) is 5.89 Å². The summed E-state index contributed by atoms with van der Waals surface area (Å²) in [5.74, 6) is 0.543. The van der Waals surface area contributed by atoms with Gasteiger partial charge in [0.1, 0.15) is 11.9 Å². The van der Waals surface area contributed by atoms with E-state index < -0.39 is 6.04 Å². The summed E-state index contributed by atoms with van der Waals surface area (Å²) in [6.07, 6.45) is 8.80. The number of esters is 1. The van der Waals surface area contributed by atoms with Crippen molar-refractivity contribution >= 4 is 17.2 Å². The number of benzene rings is 2. The smallest absolute Gasteiger partial charge is 0.333 e. The molecular weight excluding hydrogens is 495 g/mol. The van der Waals surface area contributed by atoms with E-state index in [0.29, 0.717) is 30.5 Å². The number of nitrogens with zero attached hydrogens (tertiary/aromatic N) is 3. The van der Waals surface area contributed by atoms with Crippen LogP contribution in [0.4, 0.5) is 10.1 Å². The maximum Gasteiger partial charge on any atom is 0.333 e. The van der Waals surface area contributed by atoms with E-state index in [2.05, 4.69) is 33.9 Å². The topological polar surface area (TPSA) is 80.5 Å². The predicted octanol–water partition coefficient (Wildman–Crippen LogP) is 6.35. The molecule has 1 aromatic heterocycles. The summed E-state index contributed by atoms with van der Waals surface area (Å²) >= 11 is 0. The molecule has 3 atom stereocenters. The highest BCUT2D eigenvalue weighted by atomic mass is 19.1. The number of aromatic nitrogens is 2. The third-order valence-corrected chi connectivity index (χ3v) is 6.82. The van der Waals surface area contributed by atoms with Crippen LogP contribution in [0.1, 0.15) is 50.0 Å². The summed E-state index contributed by atoms with van der Waals surface area (Å²) in [4.78, 5) is 20.3. The van der Waals surface area contributed by atoms with Gasteiger partial charge in [-0.05, 0) is 62.1 Å². The summed E-state index contributed by atoms with van der Waals surface area (Å²) < 4.78 is 25.1. The molecule has 39 heavy (non-hydrogen) atoms. The third kappa shape index (κ3) is 7.51. The van der Waals surface area contributed by atoms with Gasteiger partial charge in [-0.15, -0.1) is 0 Å². The molecule has 0 saturated carbocycles. The Labute approximate surface area is 229 Å². The van der Waals surface area contributed by atoms with Gasteiger partial charge in [-0.25, -0.2) is 9.18 Å². The number of piperidine rings is 1. The predicted molar refractivity (Wildman–Crippen MR) is 150 cm³/mol. The van der Waals surface area contributed by atoms with Crippen LogP contribution in [0.15, 0.2) is 90.0 Å². The summed E-state index contributed by atoms with van der Waals surface area (Å²) in [5, 5.41) is 7.39. The van der Waals surface area contributed by atoms with Crippen molar-refractivity contribution in [1.29, 1.82) is 0 Å². The molecule has 1 N–H and O–H groups in total. The van der Waals surface area contributed by atoms with E-state index in [-0.39, 0.29) is 23.8 Å². The van der Waals surface area contributed by atoms with Gasteiger partial charge in [0, 0.05) is 17.8 Å². The second-order valence-corrected chi connectivity index (χ2v) is 9.54. The fraction of sp³-hybridized carbons (Fsp3) is 0.323. The molecule has 1 aliphatic heterocycles. The van der Waals surface area contributed by atoms with Crippen LogP contribution in [-0.2, 0) is 16.1 Å². The van der Waals surface area contributed by atoms with E-state index in [4.69, 9.17) is 9.26 Å². The second kappa shape index (κ2) is 13.7. The van der Waals surface area contributed by atoms with Gasteiger partial charge in [0.2, 0.25) is 0 Å². The van der Waals surface area contributed by atoms with Gasteiger partial charge in [-0.3, -0.25) is 4.90 Å². The fourth-order valence-electron chi connectivity index (χ4n) is 4.77. The van der Waals surface area contributed by atoms with Crippen molar-refractivity contribution in [3.8, 4) is 0 Å². The Kier molecular flexibility index (Phi) is 9.80. The summed E-state index contributed by atoms with van der Waals surface area (Å²) in [6.45, 7) is 9.68. The van der Waals surface area contributed by atoms with Crippen molar-refractivity contribution in [3.63, 3.8) is 0 Å². The molecule has 1 fully saturated rings. The first-order valence-corrected chi connectivity index (χ1v) is 13.3. The second-order valence-electron chi connectivity index (χ2n) is 9.54. The number of hydrogen-bond donors (Lipinski definition) is 1. The minimum atomic E-state index is -0.731. The normalized spacial score (nSPS) is 19.1. The Morgan fingerprint density at radius 1 is 1.26 bits per heavy atom. The van der Waals surface area contributed by atoms with Crippen LogP contribution in [0.3, 0.4) is 0 Å². The van der Waals surface area contributed by atoms with Crippen molar-refractivity contribution in [2.75, 3.05) is 18.4 Å². The van der Waals surface area contributed by atoms with Crippen molar-refractivity contribution < 1.29 is 18.4 Å². The van der Waals surface area contributed by atoms with E-state index in [1.807, 2.05) is 55.5 Å². The Balaban J connectivity index is 1.47. The minimum Gasteiger partial charge on any atom is -0.459 e. The number of allylic oxidation sites excluding steroid dienone is 5. The molecule has 7 nitrogen and oxygen atoms in total. The molecule has 204 valence electrons. The van der Waals surface area contributed by atoms with Crippen molar-refractivity contribution in [2.45, 2.75) is 45.4 Å². The molecule has 1 aliphatic rings. The van der Waals surface area contributed by atoms with Gasteiger partial charge >= 0.3 is 5.97 Å².